The van der Waals surface area contributed by atoms with Gasteiger partial charge in [0.2, 0.25) is 0 Å². The first-order valence-corrected chi connectivity index (χ1v) is 6.09. The molecule has 2 N–H and O–H groups in total. The molecular formula is C12H12BrNO5. The summed E-state index contributed by atoms with van der Waals surface area (Å²) in [5, 5.41) is 11.2. The number of hydrogen-bond acceptors (Lipinski definition) is 4. The molecule has 0 aliphatic heterocycles. The smallest absolute Gasteiger partial charge is 0.326 e. The van der Waals surface area contributed by atoms with Gasteiger partial charge in [-0.15, -0.1) is 0 Å². The first kappa shape index (κ1) is 15.2. The fraction of sp³-hybridized carbons (Fsp3) is 0.250. The maximum absolute atomic E-state index is 11.8. The third kappa shape index (κ3) is 4.70. The van der Waals surface area contributed by atoms with Crippen molar-refractivity contribution in [1.29, 1.82) is 0 Å². The molecule has 0 saturated heterocycles. The van der Waals surface area contributed by atoms with Crippen molar-refractivity contribution in [2.24, 2.45) is 0 Å². The van der Waals surface area contributed by atoms with E-state index in [1.807, 2.05) is 0 Å². The van der Waals surface area contributed by atoms with Crippen LogP contribution in [0, 0.1) is 0 Å². The number of carbonyl (C=O) groups is 3. The van der Waals surface area contributed by atoms with Crippen LogP contribution < -0.4 is 5.32 Å². The highest BCUT2D eigenvalue weighted by Gasteiger charge is 2.24. The standard InChI is InChI=1S/C12H12BrNO5/c1-19-10(15)6-9(12(17)18)14-11(16)7-3-2-4-8(13)5-7/h2-5,9H,6H2,1H3,(H,14,16)(H,17,18)/t9-/m0/s1. The monoisotopic (exact) mass is 329 g/mol. The molecule has 19 heavy (non-hydrogen) atoms. The molecular weight excluding hydrogens is 318 g/mol. The number of carboxylic acid groups (broad SMARTS) is 1. The van der Waals surface area contributed by atoms with Gasteiger partial charge in [-0.25, -0.2) is 4.79 Å². The minimum atomic E-state index is -1.32. The third-order valence-corrected chi connectivity index (χ3v) is 2.78. The molecule has 0 spiro atoms. The zero-order valence-electron chi connectivity index (χ0n) is 10.1. The molecule has 7 heteroatoms. The van der Waals surface area contributed by atoms with Crippen LogP contribution in [-0.4, -0.2) is 36.1 Å². The van der Waals surface area contributed by atoms with E-state index in [0.717, 1.165) is 7.11 Å². The van der Waals surface area contributed by atoms with Gasteiger partial charge in [0, 0.05) is 10.0 Å². The average Bonchev–Trinajstić information content (AvgIpc) is 2.37. The summed E-state index contributed by atoms with van der Waals surface area (Å²) in [4.78, 5) is 33.8. The van der Waals surface area contributed by atoms with Gasteiger partial charge in [-0.2, -0.15) is 0 Å². The SMILES string of the molecule is COC(=O)C[C@H](NC(=O)c1cccc(Br)c1)C(=O)O. The largest absolute Gasteiger partial charge is 0.480 e. The van der Waals surface area contributed by atoms with Crippen LogP contribution in [0.2, 0.25) is 0 Å². The summed E-state index contributed by atoms with van der Waals surface area (Å²) in [6.07, 6.45) is -0.425. The second kappa shape index (κ2) is 6.89. The number of esters is 1. The minimum absolute atomic E-state index is 0.297. The lowest BCUT2D eigenvalue weighted by Gasteiger charge is -2.13. The Labute approximate surface area is 117 Å². The van der Waals surface area contributed by atoms with Gasteiger partial charge in [0.1, 0.15) is 6.04 Å². The van der Waals surface area contributed by atoms with E-state index >= 15 is 0 Å². The lowest BCUT2D eigenvalue weighted by molar-refractivity contribution is -0.147. The quantitative estimate of drug-likeness (QED) is 0.792. The summed E-state index contributed by atoms with van der Waals surface area (Å²) in [6, 6.07) is 5.15. The van der Waals surface area contributed by atoms with Crippen molar-refractivity contribution in [2.75, 3.05) is 7.11 Å². The number of halogens is 1. The molecule has 0 saturated carbocycles. The molecule has 1 aromatic rings. The van der Waals surface area contributed by atoms with Gasteiger partial charge in [-0.1, -0.05) is 22.0 Å². The van der Waals surface area contributed by atoms with Crippen LogP contribution in [0.15, 0.2) is 28.7 Å². The van der Waals surface area contributed by atoms with Gasteiger partial charge >= 0.3 is 11.9 Å². The van der Waals surface area contributed by atoms with Crippen LogP contribution in [0.3, 0.4) is 0 Å². The molecule has 0 aromatic heterocycles. The topological polar surface area (TPSA) is 92.7 Å². The summed E-state index contributed by atoms with van der Waals surface area (Å²) in [7, 11) is 1.15. The van der Waals surface area contributed by atoms with Gasteiger partial charge in [-0.3, -0.25) is 9.59 Å². The normalized spacial score (nSPS) is 11.5. The summed E-state index contributed by atoms with van der Waals surface area (Å²) >= 11 is 3.21. The predicted octanol–water partition coefficient (Wildman–Crippen LogP) is 1.20. The van der Waals surface area contributed by atoms with Crippen LogP contribution in [0.25, 0.3) is 0 Å². The van der Waals surface area contributed by atoms with Crippen molar-refractivity contribution in [2.45, 2.75) is 12.5 Å². The van der Waals surface area contributed by atoms with Gasteiger partial charge in [-0.05, 0) is 18.2 Å². The Morgan fingerprint density at radius 1 is 1.42 bits per heavy atom. The Bertz CT molecular complexity index is 503. The number of methoxy groups -OCH3 is 1. The number of amides is 1. The highest BCUT2D eigenvalue weighted by molar-refractivity contribution is 9.10. The van der Waals surface area contributed by atoms with E-state index in [2.05, 4.69) is 26.0 Å². The third-order valence-electron chi connectivity index (χ3n) is 2.29. The number of ether oxygens (including phenoxy) is 1. The van der Waals surface area contributed by atoms with Crippen molar-refractivity contribution < 1.29 is 24.2 Å². The van der Waals surface area contributed by atoms with E-state index in [1.165, 1.54) is 6.07 Å². The van der Waals surface area contributed by atoms with Crippen molar-refractivity contribution in [3.8, 4) is 0 Å². The van der Waals surface area contributed by atoms with Crippen molar-refractivity contribution in [3.05, 3.63) is 34.3 Å². The number of carbonyl (C=O) groups excluding carboxylic acids is 2. The van der Waals surface area contributed by atoms with Gasteiger partial charge in [0.25, 0.3) is 5.91 Å². The molecule has 1 atom stereocenters. The van der Waals surface area contributed by atoms with E-state index in [-0.39, 0.29) is 0 Å². The molecule has 0 radical (unpaired) electrons. The Morgan fingerprint density at radius 3 is 2.63 bits per heavy atom. The Kier molecular flexibility index (Phi) is 5.50. The molecule has 0 unspecified atom stereocenters. The number of hydrogen-bond donors (Lipinski definition) is 2. The molecule has 0 heterocycles. The lowest BCUT2D eigenvalue weighted by atomic mass is 10.1. The van der Waals surface area contributed by atoms with E-state index in [1.54, 1.807) is 18.2 Å². The number of rotatable bonds is 5. The van der Waals surface area contributed by atoms with E-state index in [0.29, 0.717) is 10.0 Å². The van der Waals surface area contributed by atoms with Gasteiger partial charge in [0.15, 0.2) is 0 Å². The first-order valence-electron chi connectivity index (χ1n) is 5.30. The van der Waals surface area contributed by atoms with Crippen molar-refractivity contribution in [3.63, 3.8) is 0 Å². The highest BCUT2D eigenvalue weighted by atomic mass is 79.9. The molecule has 0 aliphatic carbocycles. The minimum Gasteiger partial charge on any atom is -0.480 e. The number of aliphatic carboxylic acids is 1. The lowest BCUT2D eigenvalue weighted by Crippen LogP contribution is -2.42. The summed E-state index contributed by atoms with van der Waals surface area (Å²) in [6.45, 7) is 0. The maximum atomic E-state index is 11.8. The number of nitrogens with one attached hydrogen (secondary N) is 1. The van der Waals surface area contributed by atoms with Crippen LogP contribution in [0.5, 0.6) is 0 Å². The Hall–Kier alpha value is -1.89. The van der Waals surface area contributed by atoms with Crippen molar-refractivity contribution in [1.82, 2.24) is 5.32 Å². The molecule has 0 bridgehead atoms. The van der Waals surface area contributed by atoms with Crippen LogP contribution in [0.4, 0.5) is 0 Å². The average molecular weight is 330 g/mol. The molecule has 6 nitrogen and oxygen atoms in total. The molecule has 0 fully saturated rings. The molecule has 0 aliphatic rings. The van der Waals surface area contributed by atoms with Crippen LogP contribution in [-0.2, 0) is 14.3 Å². The Balaban J connectivity index is 2.77. The summed E-state index contributed by atoms with van der Waals surface area (Å²) in [5.41, 5.74) is 0.297. The highest BCUT2D eigenvalue weighted by Crippen LogP contribution is 2.11. The van der Waals surface area contributed by atoms with E-state index in [4.69, 9.17) is 5.11 Å². The fourth-order valence-electron chi connectivity index (χ4n) is 1.32. The number of benzene rings is 1. The zero-order chi connectivity index (χ0) is 14.4. The zero-order valence-corrected chi connectivity index (χ0v) is 11.6. The first-order chi connectivity index (χ1) is 8.93. The Morgan fingerprint density at radius 2 is 2.11 bits per heavy atom. The van der Waals surface area contributed by atoms with Gasteiger partial charge in [0.05, 0.1) is 13.5 Å². The van der Waals surface area contributed by atoms with Crippen LogP contribution >= 0.6 is 15.9 Å². The summed E-state index contributed by atoms with van der Waals surface area (Å²) in [5.74, 6) is -2.58. The maximum Gasteiger partial charge on any atom is 0.326 e. The summed E-state index contributed by atoms with van der Waals surface area (Å²) < 4.78 is 5.07. The van der Waals surface area contributed by atoms with Crippen molar-refractivity contribution >= 4 is 33.8 Å². The van der Waals surface area contributed by atoms with Crippen LogP contribution in [0.1, 0.15) is 16.8 Å². The van der Waals surface area contributed by atoms with E-state index in [9.17, 15) is 14.4 Å². The van der Waals surface area contributed by atoms with Gasteiger partial charge < -0.3 is 15.2 Å². The van der Waals surface area contributed by atoms with E-state index < -0.39 is 30.3 Å². The molecule has 1 aromatic carbocycles. The second-order valence-corrected chi connectivity index (χ2v) is 4.57. The molecule has 1 amide bonds. The molecule has 1 rings (SSSR count). The predicted molar refractivity (Wildman–Crippen MR) is 69.7 cm³/mol. The number of carboxylic acids is 1. The molecule has 102 valence electrons. The fourth-order valence-corrected chi connectivity index (χ4v) is 1.72. The second-order valence-electron chi connectivity index (χ2n) is 3.65.